The molecule has 1 aliphatic rings. The third-order valence-corrected chi connectivity index (χ3v) is 5.39. The van der Waals surface area contributed by atoms with Crippen LogP contribution in [0.15, 0.2) is 28.7 Å². The fraction of sp³-hybridized carbons (Fsp3) is 0.375. The molecule has 1 aliphatic carbocycles. The first-order valence-electron chi connectivity index (χ1n) is 7.01. The van der Waals surface area contributed by atoms with E-state index in [2.05, 4.69) is 34.2 Å². The predicted molar refractivity (Wildman–Crippen MR) is 92.4 cm³/mol. The summed E-state index contributed by atoms with van der Waals surface area (Å²) in [4.78, 5) is 2.69. The van der Waals surface area contributed by atoms with Gasteiger partial charge in [-0.1, -0.05) is 27.5 Å². The van der Waals surface area contributed by atoms with Crippen LogP contribution in [0.5, 0.6) is 5.75 Å². The van der Waals surface area contributed by atoms with Crippen molar-refractivity contribution < 1.29 is 4.74 Å². The Morgan fingerprint density at radius 1 is 1.38 bits per heavy atom. The Bertz CT molecular complexity index is 639. The smallest absolute Gasteiger partial charge is 0.139 e. The Morgan fingerprint density at radius 3 is 2.95 bits per heavy atom. The van der Waals surface area contributed by atoms with Crippen LogP contribution >= 0.6 is 38.9 Å². The minimum Gasteiger partial charge on any atom is -0.487 e. The third-order valence-electron chi connectivity index (χ3n) is 3.49. The van der Waals surface area contributed by atoms with E-state index in [1.54, 1.807) is 0 Å². The standard InChI is InChI=1S/C16H17BrClNOS/c1-10-11(6-14(21-10)8-19-13-3-4-13)9-20-16-7-12(17)2-5-15(16)18/h2,5-7,13,19H,3-4,8-9H2,1H3. The van der Waals surface area contributed by atoms with Gasteiger partial charge >= 0.3 is 0 Å². The first-order chi connectivity index (χ1) is 10.1. The molecule has 2 nitrogen and oxygen atoms in total. The van der Waals surface area contributed by atoms with Crippen molar-refractivity contribution in [1.82, 2.24) is 5.32 Å². The lowest BCUT2D eigenvalue weighted by atomic mass is 10.2. The number of ether oxygens (including phenoxy) is 1. The van der Waals surface area contributed by atoms with E-state index < -0.39 is 0 Å². The molecule has 1 fully saturated rings. The molecular weight excluding hydrogens is 370 g/mol. The Hall–Kier alpha value is -0.550. The van der Waals surface area contributed by atoms with Crippen LogP contribution in [0.4, 0.5) is 0 Å². The van der Waals surface area contributed by atoms with Crippen molar-refractivity contribution in [2.24, 2.45) is 0 Å². The van der Waals surface area contributed by atoms with Crippen LogP contribution in [0.1, 0.15) is 28.2 Å². The summed E-state index contributed by atoms with van der Waals surface area (Å²) in [5.41, 5.74) is 1.24. The first-order valence-corrected chi connectivity index (χ1v) is 9.00. The molecule has 0 bridgehead atoms. The number of benzene rings is 1. The zero-order valence-electron chi connectivity index (χ0n) is 11.8. The van der Waals surface area contributed by atoms with Gasteiger partial charge in [-0.25, -0.2) is 0 Å². The van der Waals surface area contributed by atoms with Crippen molar-refractivity contribution in [3.8, 4) is 5.75 Å². The summed E-state index contributed by atoms with van der Waals surface area (Å²) in [6.45, 7) is 3.67. The lowest BCUT2D eigenvalue weighted by Gasteiger charge is -2.08. The van der Waals surface area contributed by atoms with Crippen LogP contribution < -0.4 is 10.1 Å². The van der Waals surface area contributed by atoms with Gasteiger partial charge in [-0.05, 0) is 44.0 Å². The summed E-state index contributed by atoms with van der Waals surface area (Å²) >= 11 is 11.4. The summed E-state index contributed by atoms with van der Waals surface area (Å²) in [6, 6.07) is 8.63. The molecule has 112 valence electrons. The van der Waals surface area contributed by atoms with Gasteiger partial charge in [0.15, 0.2) is 0 Å². The molecule has 1 heterocycles. The van der Waals surface area contributed by atoms with Crippen molar-refractivity contribution in [3.05, 3.63) is 49.1 Å². The average Bonchev–Trinajstić information content (AvgIpc) is 3.22. The van der Waals surface area contributed by atoms with E-state index in [4.69, 9.17) is 16.3 Å². The second kappa shape index (κ2) is 6.69. The normalized spacial score (nSPS) is 14.4. The largest absolute Gasteiger partial charge is 0.487 e. The van der Waals surface area contributed by atoms with Crippen LogP contribution in [-0.4, -0.2) is 6.04 Å². The van der Waals surface area contributed by atoms with Gasteiger partial charge in [0.2, 0.25) is 0 Å². The van der Waals surface area contributed by atoms with E-state index >= 15 is 0 Å². The molecule has 0 atom stereocenters. The predicted octanol–water partition coefficient (Wildman–Crippen LogP) is 5.30. The fourth-order valence-electron chi connectivity index (χ4n) is 2.09. The van der Waals surface area contributed by atoms with Gasteiger partial charge in [0.25, 0.3) is 0 Å². The Balaban J connectivity index is 1.62. The number of rotatable bonds is 6. The number of hydrogen-bond acceptors (Lipinski definition) is 3. The maximum Gasteiger partial charge on any atom is 0.139 e. The SMILES string of the molecule is Cc1sc(CNC2CC2)cc1COc1cc(Br)ccc1Cl. The van der Waals surface area contributed by atoms with Crippen molar-refractivity contribution in [1.29, 1.82) is 0 Å². The Labute approximate surface area is 142 Å². The Morgan fingerprint density at radius 2 is 2.19 bits per heavy atom. The van der Waals surface area contributed by atoms with Gasteiger partial charge in [-0.2, -0.15) is 0 Å². The molecule has 21 heavy (non-hydrogen) atoms. The van der Waals surface area contributed by atoms with Crippen LogP contribution in [0.2, 0.25) is 5.02 Å². The number of hydrogen-bond donors (Lipinski definition) is 1. The summed E-state index contributed by atoms with van der Waals surface area (Å²) in [6.07, 6.45) is 2.64. The molecule has 1 N–H and O–H groups in total. The number of thiophene rings is 1. The van der Waals surface area contributed by atoms with E-state index in [1.807, 2.05) is 29.5 Å². The monoisotopic (exact) mass is 385 g/mol. The van der Waals surface area contributed by atoms with Gasteiger partial charge in [-0.15, -0.1) is 11.3 Å². The van der Waals surface area contributed by atoms with Gasteiger partial charge in [-0.3, -0.25) is 0 Å². The Kier molecular flexibility index (Phi) is 4.89. The highest BCUT2D eigenvalue weighted by Gasteiger charge is 2.20. The van der Waals surface area contributed by atoms with Crippen molar-refractivity contribution in [2.45, 2.75) is 39.0 Å². The lowest BCUT2D eigenvalue weighted by Crippen LogP contribution is -2.14. The highest BCUT2D eigenvalue weighted by atomic mass is 79.9. The molecule has 0 aliphatic heterocycles. The molecule has 0 amide bonds. The van der Waals surface area contributed by atoms with E-state index in [9.17, 15) is 0 Å². The minimum absolute atomic E-state index is 0.557. The van der Waals surface area contributed by atoms with Crippen molar-refractivity contribution in [3.63, 3.8) is 0 Å². The van der Waals surface area contributed by atoms with E-state index in [-0.39, 0.29) is 0 Å². The third kappa shape index (κ3) is 4.22. The fourth-order valence-corrected chi connectivity index (χ4v) is 3.60. The van der Waals surface area contributed by atoms with Gasteiger partial charge < -0.3 is 10.1 Å². The molecule has 2 aromatic rings. The minimum atomic E-state index is 0.557. The van der Waals surface area contributed by atoms with E-state index in [1.165, 1.54) is 28.2 Å². The van der Waals surface area contributed by atoms with Gasteiger partial charge in [0.1, 0.15) is 12.4 Å². The maximum atomic E-state index is 6.15. The van der Waals surface area contributed by atoms with Crippen LogP contribution in [0, 0.1) is 6.92 Å². The molecule has 0 saturated heterocycles. The molecule has 3 rings (SSSR count). The number of aryl methyl sites for hydroxylation is 1. The number of nitrogens with one attached hydrogen (secondary N) is 1. The number of halogens is 2. The summed E-state index contributed by atoms with van der Waals surface area (Å²) in [5, 5.41) is 4.19. The zero-order valence-corrected chi connectivity index (χ0v) is 14.9. The van der Waals surface area contributed by atoms with Crippen molar-refractivity contribution >= 4 is 38.9 Å². The lowest BCUT2D eigenvalue weighted by molar-refractivity contribution is 0.306. The highest BCUT2D eigenvalue weighted by Crippen LogP contribution is 2.30. The van der Waals surface area contributed by atoms with Crippen LogP contribution in [0.25, 0.3) is 0 Å². The summed E-state index contributed by atoms with van der Waals surface area (Å²) in [5.74, 6) is 0.717. The van der Waals surface area contributed by atoms with Crippen LogP contribution in [-0.2, 0) is 13.2 Å². The van der Waals surface area contributed by atoms with Crippen LogP contribution in [0.3, 0.4) is 0 Å². The molecule has 1 aromatic heterocycles. The average molecular weight is 387 g/mol. The van der Waals surface area contributed by atoms with Crippen molar-refractivity contribution in [2.75, 3.05) is 0 Å². The molecule has 5 heteroatoms. The molecule has 0 spiro atoms. The van der Waals surface area contributed by atoms with Gasteiger partial charge in [0, 0.05) is 32.4 Å². The molecule has 0 unspecified atom stereocenters. The highest BCUT2D eigenvalue weighted by molar-refractivity contribution is 9.10. The second-order valence-electron chi connectivity index (χ2n) is 5.31. The molecule has 1 saturated carbocycles. The topological polar surface area (TPSA) is 21.3 Å². The van der Waals surface area contributed by atoms with Gasteiger partial charge in [0.05, 0.1) is 5.02 Å². The summed E-state index contributed by atoms with van der Waals surface area (Å²) in [7, 11) is 0. The zero-order chi connectivity index (χ0) is 14.8. The van der Waals surface area contributed by atoms with E-state index in [0.29, 0.717) is 17.4 Å². The summed E-state index contributed by atoms with van der Waals surface area (Å²) < 4.78 is 6.83. The van der Waals surface area contributed by atoms with E-state index in [0.717, 1.165) is 17.1 Å². The molecule has 0 radical (unpaired) electrons. The molecule has 1 aromatic carbocycles. The maximum absolute atomic E-state index is 6.15. The quantitative estimate of drug-likeness (QED) is 0.727. The second-order valence-corrected chi connectivity index (χ2v) is 7.98. The molecular formula is C16H17BrClNOS. The first kappa shape index (κ1) is 15.3.